The Kier molecular flexibility index (Phi) is 5.04. The number of benzene rings is 2. The van der Waals surface area contributed by atoms with E-state index in [2.05, 4.69) is 22.0 Å². The lowest BCUT2D eigenvalue weighted by Crippen LogP contribution is -2.49. The molecule has 156 valence electrons. The van der Waals surface area contributed by atoms with Crippen molar-refractivity contribution in [2.45, 2.75) is 19.5 Å². The predicted molar refractivity (Wildman–Crippen MR) is 114 cm³/mol. The van der Waals surface area contributed by atoms with Crippen molar-refractivity contribution in [2.75, 3.05) is 39.4 Å². The highest BCUT2D eigenvalue weighted by Gasteiger charge is 2.26. The summed E-state index contributed by atoms with van der Waals surface area (Å²) in [6, 6.07) is 13.8. The Labute approximate surface area is 175 Å². The maximum atomic E-state index is 13.1. The van der Waals surface area contributed by atoms with Crippen LogP contribution in [0.15, 0.2) is 48.8 Å². The minimum atomic E-state index is -0.262. The lowest BCUT2D eigenvalue weighted by molar-refractivity contribution is -0.136. The van der Waals surface area contributed by atoms with Crippen LogP contribution in [0.1, 0.15) is 18.5 Å². The van der Waals surface area contributed by atoms with Gasteiger partial charge in [-0.3, -0.25) is 9.69 Å². The van der Waals surface area contributed by atoms with Gasteiger partial charge in [-0.15, -0.1) is 0 Å². The molecule has 0 N–H and O–H groups in total. The van der Waals surface area contributed by atoms with Crippen LogP contribution < -0.4 is 9.47 Å². The maximum Gasteiger partial charge on any atom is 0.245 e. The van der Waals surface area contributed by atoms with Crippen molar-refractivity contribution in [3.63, 3.8) is 0 Å². The topological polar surface area (TPSA) is 59.8 Å². The minimum absolute atomic E-state index is 0.150. The Balaban J connectivity index is 1.20. The summed E-state index contributed by atoms with van der Waals surface area (Å²) in [4.78, 5) is 21.9. The molecule has 2 aliphatic heterocycles. The Hall–Kier alpha value is -3.06. The van der Waals surface area contributed by atoms with Crippen molar-refractivity contribution in [1.29, 1.82) is 0 Å². The second kappa shape index (κ2) is 7.99. The van der Waals surface area contributed by atoms with Gasteiger partial charge in [0.15, 0.2) is 11.5 Å². The van der Waals surface area contributed by atoms with Crippen molar-refractivity contribution in [3.8, 4) is 11.5 Å². The van der Waals surface area contributed by atoms with E-state index in [9.17, 15) is 4.79 Å². The number of hydrogen-bond donors (Lipinski definition) is 0. The number of para-hydroxylation sites is 2. The number of aromatic nitrogens is 2. The maximum absolute atomic E-state index is 13.1. The van der Waals surface area contributed by atoms with Gasteiger partial charge in [0.05, 0.1) is 17.4 Å². The third-order valence-corrected chi connectivity index (χ3v) is 5.95. The van der Waals surface area contributed by atoms with E-state index in [1.807, 2.05) is 46.7 Å². The summed E-state index contributed by atoms with van der Waals surface area (Å²) >= 11 is 0. The van der Waals surface area contributed by atoms with Gasteiger partial charge in [-0.1, -0.05) is 18.2 Å². The van der Waals surface area contributed by atoms with Gasteiger partial charge in [-0.25, -0.2) is 4.98 Å². The highest BCUT2D eigenvalue weighted by Crippen LogP contribution is 2.31. The number of carbonyl (C=O) groups is 1. The molecule has 1 amide bonds. The molecule has 3 heterocycles. The monoisotopic (exact) mass is 406 g/mol. The van der Waals surface area contributed by atoms with Crippen molar-refractivity contribution < 1.29 is 14.3 Å². The molecule has 7 nitrogen and oxygen atoms in total. The fourth-order valence-electron chi connectivity index (χ4n) is 4.24. The molecule has 0 aliphatic carbocycles. The lowest BCUT2D eigenvalue weighted by atomic mass is 10.1. The van der Waals surface area contributed by atoms with E-state index in [0.717, 1.165) is 55.3 Å². The molecule has 0 saturated carbocycles. The number of hydrogen-bond acceptors (Lipinski definition) is 5. The highest BCUT2D eigenvalue weighted by atomic mass is 16.6. The molecular weight excluding hydrogens is 380 g/mol. The van der Waals surface area contributed by atoms with Crippen molar-refractivity contribution >= 4 is 16.9 Å². The molecule has 0 spiro atoms. The van der Waals surface area contributed by atoms with Crippen LogP contribution in [0.3, 0.4) is 0 Å². The van der Waals surface area contributed by atoms with Crippen LogP contribution in [0.5, 0.6) is 11.5 Å². The summed E-state index contributed by atoms with van der Waals surface area (Å²) < 4.78 is 13.3. The van der Waals surface area contributed by atoms with Gasteiger partial charge in [0.25, 0.3) is 0 Å². The Bertz CT molecular complexity index is 1060. The molecule has 0 unspecified atom stereocenters. The van der Waals surface area contributed by atoms with Gasteiger partial charge in [0.1, 0.15) is 19.3 Å². The first-order chi connectivity index (χ1) is 14.7. The average Bonchev–Trinajstić information content (AvgIpc) is 3.23. The largest absolute Gasteiger partial charge is 0.486 e. The molecule has 1 fully saturated rings. The Morgan fingerprint density at radius 2 is 1.80 bits per heavy atom. The molecular formula is C23H26N4O3. The predicted octanol–water partition coefficient (Wildman–Crippen LogP) is 2.71. The van der Waals surface area contributed by atoms with Crippen LogP contribution in [0.2, 0.25) is 0 Å². The van der Waals surface area contributed by atoms with E-state index in [1.165, 1.54) is 5.56 Å². The zero-order valence-electron chi connectivity index (χ0n) is 17.2. The van der Waals surface area contributed by atoms with Crippen LogP contribution in [0, 0.1) is 0 Å². The molecule has 7 heteroatoms. The van der Waals surface area contributed by atoms with Crippen molar-refractivity contribution in [2.24, 2.45) is 0 Å². The minimum Gasteiger partial charge on any atom is -0.486 e. The molecule has 1 aromatic heterocycles. The van der Waals surface area contributed by atoms with E-state index in [1.54, 1.807) is 6.33 Å². The molecule has 0 radical (unpaired) electrons. The number of fused-ring (bicyclic) bond motifs is 2. The summed E-state index contributed by atoms with van der Waals surface area (Å²) in [7, 11) is 0. The number of rotatable bonds is 4. The third-order valence-electron chi connectivity index (χ3n) is 5.95. The van der Waals surface area contributed by atoms with Gasteiger partial charge in [0.2, 0.25) is 5.91 Å². The normalized spacial score (nSPS) is 17.8. The van der Waals surface area contributed by atoms with Crippen LogP contribution in [0.25, 0.3) is 11.0 Å². The Morgan fingerprint density at radius 3 is 2.63 bits per heavy atom. The van der Waals surface area contributed by atoms with E-state index in [4.69, 9.17) is 9.47 Å². The number of carbonyl (C=O) groups excluding carboxylic acids is 1. The summed E-state index contributed by atoms with van der Waals surface area (Å²) in [5.41, 5.74) is 3.12. The summed E-state index contributed by atoms with van der Waals surface area (Å²) in [6.45, 7) is 7.20. The SMILES string of the molecule is C[C@@H](C(=O)N1CCN(Cc2ccc3c(c2)OCCO3)CC1)n1cnc2ccccc21. The molecule has 0 bridgehead atoms. The smallest absolute Gasteiger partial charge is 0.245 e. The summed E-state index contributed by atoms with van der Waals surface area (Å²) in [5.74, 6) is 1.80. The first-order valence-electron chi connectivity index (χ1n) is 10.5. The third kappa shape index (κ3) is 3.61. The summed E-state index contributed by atoms with van der Waals surface area (Å²) in [5, 5.41) is 0. The van der Waals surface area contributed by atoms with Gasteiger partial charge in [-0.05, 0) is 36.8 Å². The first kappa shape index (κ1) is 18.9. The molecule has 2 aliphatic rings. The van der Waals surface area contributed by atoms with Crippen LogP contribution >= 0.6 is 0 Å². The van der Waals surface area contributed by atoms with Crippen molar-refractivity contribution in [1.82, 2.24) is 19.4 Å². The van der Waals surface area contributed by atoms with E-state index < -0.39 is 0 Å². The number of piperazine rings is 1. The number of amides is 1. The van der Waals surface area contributed by atoms with E-state index in [-0.39, 0.29) is 11.9 Å². The molecule has 2 aromatic carbocycles. The highest BCUT2D eigenvalue weighted by molar-refractivity contribution is 5.83. The van der Waals surface area contributed by atoms with Gasteiger partial charge >= 0.3 is 0 Å². The first-order valence-corrected chi connectivity index (χ1v) is 10.5. The fraction of sp³-hybridized carbons (Fsp3) is 0.391. The number of imidazole rings is 1. The zero-order valence-corrected chi connectivity index (χ0v) is 17.2. The van der Waals surface area contributed by atoms with Gasteiger partial charge < -0.3 is 18.9 Å². The summed E-state index contributed by atoms with van der Waals surface area (Å²) in [6.07, 6.45) is 1.77. The van der Waals surface area contributed by atoms with Gasteiger partial charge in [0, 0.05) is 32.7 Å². The molecule has 1 atom stereocenters. The second-order valence-electron chi connectivity index (χ2n) is 7.90. The second-order valence-corrected chi connectivity index (χ2v) is 7.90. The van der Waals surface area contributed by atoms with Crippen LogP contribution in [-0.4, -0.2) is 64.7 Å². The number of ether oxygens (including phenoxy) is 2. The number of nitrogens with zero attached hydrogens (tertiary/aromatic N) is 4. The lowest BCUT2D eigenvalue weighted by Gasteiger charge is -2.36. The van der Waals surface area contributed by atoms with E-state index in [0.29, 0.717) is 13.2 Å². The quantitative estimate of drug-likeness (QED) is 0.667. The molecule has 5 rings (SSSR count). The molecule has 30 heavy (non-hydrogen) atoms. The van der Waals surface area contributed by atoms with Crippen LogP contribution in [-0.2, 0) is 11.3 Å². The van der Waals surface area contributed by atoms with E-state index >= 15 is 0 Å². The zero-order chi connectivity index (χ0) is 20.5. The standard InChI is InChI=1S/C23H26N4O3/c1-17(27-16-24-19-4-2-3-5-20(19)27)23(28)26-10-8-25(9-11-26)15-18-6-7-21-22(14-18)30-13-12-29-21/h2-7,14,16-17H,8-13,15H2,1H3/t17-/m0/s1. The van der Waals surface area contributed by atoms with Crippen molar-refractivity contribution in [3.05, 3.63) is 54.4 Å². The fourth-order valence-corrected chi connectivity index (χ4v) is 4.24. The average molecular weight is 406 g/mol. The molecule has 1 saturated heterocycles. The molecule has 3 aromatic rings. The van der Waals surface area contributed by atoms with Gasteiger partial charge in [-0.2, -0.15) is 0 Å². The Morgan fingerprint density at radius 1 is 1.03 bits per heavy atom. The van der Waals surface area contributed by atoms with Crippen LogP contribution in [0.4, 0.5) is 0 Å².